The summed E-state index contributed by atoms with van der Waals surface area (Å²) >= 11 is 0. The van der Waals surface area contributed by atoms with Crippen LogP contribution in [-0.2, 0) is 25.6 Å². The first-order chi connectivity index (χ1) is 14.8. The van der Waals surface area contributed by atoms with Crippen molar-refractivity contribution in [2.75, 3.05) is 5.32 Å². The van der Waals surface area contributed by atoms with Gasteiger partial charge in [0.05, 0.1) is 12.0 Å². The lowest BCUT2D eigenvalue weighted by molar-refractivity contribution is -0.197. The lowest BCUT2D eigenvalue weighted by Gasteiger charge is -2.12. The highest BCUT2D eigenvalue weighted by Gasteiger charge is 2.32. The first-order valence-electron chi connectivity index (χ1n) is 9.74. The second-order valence-corrected chi connectivity index (χ2v) is 7.33. The summed E-state index contributed by atoms with van der Waals surface area (Å²) in [6.45, 7) is 3.82. The monoisotopic (exact) mass is 420 g/mol. The minimum Gasteiger partial charge on any atom is -0.330 e. The van der Waals surface area contributed by atoms with Crippen LogP contribution in [0.3, 0.4) is 0 Å². The average Bonchev–Trinajstić information content (AvgIpc) is 3.28. The summed E-state index contributed by atoms with van der Waals surface area (Å²) in [5.41, 5.74) is 4.02. The van der Waals surface area contributed by atoms with Gasteiger partial charge in [0.15, 0.2) is 0 Å². The molecular weight excluding hydrogens is 400 g/mol. The van der Waals surface area contributed by atoms with Crippen molar-refractivity contribution in [2.45, 2.75) is 33.1 Å². The van der Waals surface area contributed by atoms with Crippen molar-refractivity contribution in [1.29, 1.82) is 0 Å². The van der Waals surface area contributed by atoms with E-state index in [0.717, 1.165) is 11.4 Å². The summed E-state index contributed by atoms with van der Waals surface area (Å²) in [5.74, 6) is -2.04. The van der Waals surface area contributed by atoms with Gasteiger partial charge in [0.25, 0.3) is 17.7 Å². The van der Waals surface area contributed by atoms with Gasteiger partial charge in [0.1, 0.15) is 5.65 Å². The summed E-state index contributed by atoms with van der Waals surface area (Å²) in [5, 5.41) is 3.34. The van der Waals surface area contributed by atoms with Gasteiger partial charge in [-0.2, -0.15) is 0 Å². The fraction of sp³-hybridized carbons (Fsp3) is 0.227. The van der Waals surface area contributed by atoms with Crippen LogP contribution in [0.4, 0.5) is 5.69 Å². The van der Waals surface area contributed by atoms with Crippen molar-refractivity contribution in [3.05, 3.63) is 65.1 Å². The Bertz CT molecular complexity index is 1200. The Morgan fingerprint density at radius 3 is 2.42 bits per heavy atom. The molecule has 2 aromatic heterocycles. The van der Waals surface area contributed by atoms with Crippen LogP contribution in [0.5, 0.6) is 0 Å². The van der Waals surface area contributed by atoms with Crippen molar-refractivity contribution in [2.24, 2.45) is 0 Å². The molecule has 9 nitrogen and oxygen atoms in total. The summed E-state index contributed by atoms with van der Waals surface area (Å²) < 4.78 is 1.85. The Kier molecular flexibility index (Phi) is 5.24. The maximum absolute atomic E-state index is 12.7. The number of aromatic nitrogens is 2. The van der Waals surface area contributed by atoms with E-state index < -0.39 is 17.8 Å². The molecule has 0 bridgehead atoms. The van der Waals surface area contributed by atoms with E-state index in [1.54, 1.807) is 36.5 Å². The lowest BCUT2D eigenvalue weighted by atomic mass is 10.1. The van der Waals surface area contributed by atoms with Gasteiger partial charge in [-0.15, -0.1) is 5.06 Å². The SMILES string of the molecule is Cc1cc(C)n2ccc(C(=O)Nc3ccc(CC(=O)ON4C(=O)CCC4=O)cc3)c2n1. The lowest BCUT2D eigenvalue weighted by Crippen LogP contribution is -2.32. The number of nitrogens with one attached hydrogen (secondary N) is 1. The van der Waals surface area contributed by atoms with Crippen LogP contribution in [0.15, 0.2) is 42.6 Å². The van der Waals surface area contributed by atoms with Gasteiger partial charge < -0.3 is 14.6 Å². The number of anilines is 1. The van der Waals surface area contributed by atoms with Gasteiger partial charge in [-0.1, -0.05) is 12.1 Å². The zero-order valence-corrected chi connectivity index (χ0v) is 17.0. The van der Waals surface area contributed by atoms with E-state index >= 15 is 0 Å². The molecule has 0 aliphatic carbocycles. The van der Waals surface area contributed by atoms with Crippen LogP contribution in [-0.4, -0.2) is 38.1 Å². The first kappa shape index (κ1) is 20.3. The van der Waals surface area contributed by atoms with Gasteiger partial charge in [0.2, 0.25) is 0 Å². The predicted molar refractivity (Wildman–Crippen MR) is 110 cm³/mol. The first-order valence-corrected chi connectivity index (χ1v) is 9.74. The number of hydrogen-bond acceptors (Lipinski definition) is 6. The third-order valence-electron chi connectivity index (χ3n) is 4.94. The Morgan fingerprint density at radius 2 is 1.74 bits per heavy atom. The number of imide groups is 1. The van der Waals surface area contributed by atoms with Crippen LogP contribution in [0.25, 0.3) is 5.65 Å². The van der Waals surface area contributed by atoms with Crippen molar-refractivity contribution < 1.29 is 24.0 Å². The molecule has 4 rings (SSSR count). The largest absolute Gasteiger partial charge is 0.337 e. The summed E-state index contributed by atoms with van der Waals surface area (Å²) in [6.07, 6.45) is 1.78. The van der Waals surface area contributed by atoms with Crippen molar-refractivity contribution in [1.82, 2.24) is 14.4 Å². The summed E-state index contributed by atoms with van der Waals surface area (Å²) in [4.78, 5) is 57.1. The Hall–Kier alpha value is -4.01. The summed E-state index contributed by atoms with van der Waals surface area (Å²) in [7, 11) is 0. The number of hydroxylamine groups is 2. The summed E-state index contributed by atoms with van der Waals surface area (Å²) in [6, 6.07) is 10.3. The molecule has 1 N–H and O–H groups in total. The molecule has 0 atom stereocenters. The molecule has 0 unspecified atom stereocenters. The second-order valence-electron chi connectivity index (χ2n) is 7.33. The molecule has 1 aliphatic rings. The standard InChI is InChI=1S/C22H20N4O5/c1-13-11-14(2)25-10-9-17(21(25)23-13)22(30)24-16-5-3-15(4-6-16)12-20(29)31-26-18(27)7-8-19(26)28/h3-6,9-11H,7-8,12H2,1-2H3,(H,24,30). The minimum atomic E-state index is -0.711. The van der Waals surface area contributed by atoms with Gasteiger partial charge in [-0.3, -0.25) is 14.4 Å². The van der Waals surface area contributed by atoms with Gasteiger partial charge >= 0.3 is 5.97 Å². The molecule has 1 fully saturated rings. The van der Waals surface area contributed by atoms with Crippen LogP contribution < -0.4 is 5.32 Å². The molecule has 1 aromatic carbocycles. The fourth-order valence-electron chi connectivity index (χ4n) is 3.43. The molecule has 1 aliphatic heterocycles. The molecule has 158 valence electrons. The van der Waals surface area contributed by atoms with Gasteiger partial charge in [-0.05, 0) is 43.7 Å². The Labute approximate surface area is 177 Å². The normalized spacial score (nSPS) is 13.7. The van der Waals surface area contributed by atoms with Crippen LogP contribution >= 0.6 is 0 Å². The van der Waals surface area contributed by atoms with Gasteiger partial charge in [-0.25, -0.2) is 9.78 Å². The molecule has 0 radical (unpaired) electrons. The zero-order valence-electron chi connectivity index (χ0n) is 17.0. The molecule has 0 spiro atoms. The fourth-order valence-corrected chi connectivity index (χ4v) is 3.43. The number of nitrogens with zero attached hydrogens (tertiary/aromatic N) is 3. The van der Waals surface area contributed by atoms with E-state index in [2.05, 4.69) is 10.3 Å². The quantitative estimate of drug-likeness (QED) is 0.635. The number of amides is 3. The van der Waals surface area contributed by atoms with Crippen LogP contribution in [0.1, 0.15) is 40.2 Å². The maximum Gasteiger partial charge on any atom is 0.337 e. The topological polar surface area (TPSA) is 110 Å². The van der Waals surface area contributed by atoms with E-state index in [-0.39, 0.29) is 25.2 Å². The molecule has 9 heteroatoms. The number of aryl methyl sites for hydroxylation is 2. The number of carbonyl (C=O) groups is 4. The maximum atomic E-state index is 12.7. The molecule has 1 saturated heterocycles. The molecule has 3 heterocycles. The highest BCUT2D eigenvalue weighted by atomic mass is 16.7. The third kappa shape index (κ3) is 4.16. The minimum absolute atomic E-state index is 0.0480. The highest BCUT2D eigenvalue weighted by molar-refractivity contribution is 6.08. The Morgan fingerprint density at radius 1 is 1.06 bits per heavy atom. The van der Waals surface area contributed by atoms with E-state index in [9.17, 15) is 19.2 Å². The molecule has 31 heavy (non-hydrogen) atoms. The third-order valence-corrected chi connectivity index (χ3v) is 4.94. The van der Waals surface area contributed by atoms with Crippen LogP contribution in [0.2, 0.25) is 0 Å². The number of rotatable bonds is 5. The van der Waals surface area contributed by atoms with E-state index in [1.165, 1.54) is 0 Å². The van der Waals surface area contributed by atoms with E-state index in [1.807, 2.05) is 24.3 Å². The molecule has 0 saturated carbocycles. The second kappa shape index (κ2) is 8.02. The number of benzene rings is 1. The molecule has 3 aromatic rings. The molecular formula is C22H20N4O5. The smallest absolute Gasteiger partial charge is 0.330 e. The van der Waals surface area contributed by atoms with E-state index in [4.69, 9.17) is 4.84 Å². The average molecular weight is 420 g/mol. The van der Waals surface area contributed by atoms with E-state index in [0.29, 0.717) is 27.5 Å². The number of hydrogen-bond donors (Lipinski definition) is 1. The molecule has 3 amide bonds. The Balaban J connectivity index is 1.41. The highest BCUT2D eigenvalue weighted by Crippen LogP contribution is 2.18. The van der Waals surface area contributed by atoms with Crippen molar-refractivity contribution in [3.8, 4) is 0 Å². The number of carbonyl (C=O) groups excluding carboxylic acids is 4. The van der Waals surface area contributed by atoms with Crippen molar-refractivity contribution in [3.63, 3.8) is 0 Å². The zero-order chi connectivity index (χ0) is 22.1. The number of fused-ring (bicyclic) bond motifs is 1. The van der Waals surface area contributed by atoms with Crippen molar-refractivity contribution >= 4 is 35.0 Å². The van der Waals surface area contributed by atoms with Crippen LogP contribution in [0, 0.1) is 13.8 Å². The predicted octanol–water partition coefficient (Wildman–Crippen LogP) is 2.35. The van der Waals surface area contributed by atoms with Gasteiger partial charge in [0, 0.05) is 36.1 Å².